The number of anilines is 1. The number of nitrogens with zero attached hydrogens (tertiary/aromatic N) is 2. The smallest absolute Gasteiger partial charge is 0.395 e. The average Bonchev–Trinajstić information content (AvgIpc) is 3.18. The van der Waals surface area contributed by atoms with Gasteiger partial charge in [-0.05, 0) is 54.9 Å². The van der Waals surface area contributed by atoms with Crippen LogP contribution in [-0.4, -0.2) is 27.8 Å². The third-order valence-corrected chi connectivity index (χ3v) is 4.59. The maximum Gasteiger partial charge on any atom is 0.586 e. The number of aromatic nitrogens is 1. The lowest BCUT2D eigenvalue weighted by molar-refractivity contribution is -0.286. The molecule has 0 aliphatic carbocycles. The van der Waals surface area contributed by atoms with Crippen molar-refractivity contribution in [3.8, 4) is 11.5 Å². The number of hydrogen-bond acceptors (Lipinski definition) is 4. The Balaban J connectivity index is 1.49. The van der Waals surface area contributed by atoms with Gasteiger partial charge in [0.25, 0.3) is 0 Å². The number of halogens is 2. The van der Waals surface area contributed by atoms with Crippen molar-refractivity contribution in [2.24, 2.45) is 0 Å². The number of hydrogen-bond donors (Lipinski definition) is 1. The van der Waals surface area contributed by atoms with E-state index in [2.05, 4.69) is 24.7 Å². The topological polar surface area (TPSA) is 46.6 Å². The molecule has 0 amide bonds. The van der Waals surface area contributed by atoms with Gasteiger partial charge in [0.15, 0.2) is 16.6 Å². The van der Waals surface area contributed by atoms with Gasteiger partial charge >= 0.3 is 6.29 Å². The van der Waals surface area contributed by atoms with Gasteiger partial charge in [-0.1, -0.05) is 0 Å². The third kappa shape index (κ3) is 3.21. The molecule has 130 valence electrons. The molecule has 8 heteroatoms. The largest absolute Gasteiger partial charge is 0.586 e. The second-order valence-electron chi connectivity index (χ2n) is 5.89. The Morgan fingerprint density at radius 1 is 1.20 bits per heavy atom. The van der Waals surface area contributed by atoms with Crippen LogP contribution in [0.25, 0.3) is 0 Å². The summed E-state index contributed by atoms with van der Waals surface area (Å²) in [5, 5.41) is 3.65. The lowest BCUT2D eigenvalue weighted by Gasteiger charge is -2.28. The molecule has 1 N–H and O–H groups in total. The van der Waals surface area contributed by atoms with Crippen molar-refractivity contribution >= 4 is 23.0 Å². The van der Waals surface area contributed by atoms with E-state index in [0.717, 1.165) is 24.9 Å². The average molecular weight is 363 g/mol. The van der Waals surface area contributed by atoms with Crippen LogP contribution >= 0.6 is 12.2 Å². The molecule has 2 aliphatic heterocycles. The summed E-state index contributed by atoms with van der Waals surface area (Å²) in [6, 6.07) is 8.67. The minimum absolute atomic E-state index is 0.00935. The van der Waals surface area contributed by atoms with Crippen molar-refractivity contribution in [3.05, 3.63) is 48.3 Å². The fraction of sp³-hybridized carbons (Fsp3) is 0.294. The van der Waals surface area contributed by atoms with E-state index < -0.39 is 6.29 Å². The number of ether oxygens (including phenoxy) is 2. The summed E-state index contributed by atoms with van der Waals surface area (Å²) >= 11 is 5.52. The van der Waals surface area contributed by atoms with Crippen LogP contribution in [0.5, 0.6) is 11.5 Å². The van der Waals surface area contributed by atoms with Crippen molar-refractivity contribution in [2.45, 2.75) is 25.2 Å². The van der Waals surface area contributed by atoms with E-state index in [0.29, 0.717) is 10.8 Å². The number of alkyl halides is 2. The summed E-state index contributed by atoms with van der Waals surface area (Å²) in [5.74, 6) is 0.00205. The lowest BCUT2D eigenvalue weighted by atomic mass is 10.1. The molecule has 0 radical (unpaired) electrons. The first-order valence-electron chi connectivity index (χ1n) is 7.89. The van der Waals surface area contributed by atoms with Gasteiger partial charge in [0.1, 0.15) is 0 Å². The molecule has 2 aromatic rings. The zero-order valence-corrected chi connectivity index (χ0v) is 13.9. The van der Waals surface area contributed by atoms with E-state index >= 15 is 0 Å². The molecule has 2 aliphatic rings. The summed E-state index contributed by atoms with van der Waals surface area (Å²) in [7, 11) is 0. The van der Waals surface area contributed by atoms with Crippen LogP contribution in [0, 0.1) is 0 Å². The molecule has 25 heavy (non-hydrogen) atoms. The van der Waals surface area contributed by atoms with Crippen LogP contribution in [0.1, 0.15) is 24.4 Å². The molecule has 0 spiro atoms. The van der Waals surface area contributed by atoms with E-state index in [1.165, 1.54) is 12.1 Å². The normalized spacial score (nSPS) is 20.6. The number of pyridine rings is 1. The Hall–Kier alpha value is -2.48. The summed E-state index contributed by atoms with van der Waals surface area (Å²) in [6.45, 7) is 0.835. The van der Waals surface area contributed by atoms with Gasteiger partial charge in [0, 0.05) is 30.7 Å². The van der Waals surface area contributed by atoms with Crippen LogP contribution in [0.15, 0.2) is 42.7 Å². The van der Waals surface area contributed by atoms with E-state index in [9.17, 15) is 8.78 Å². The minimum Gasteiger partial charge on any atom is -0.395 e. The summed E-state index contributed by atoms with van der Waals surface area (Å²) in [6.07, 6.45) is 1.94. The first kappa shape index (κ1) is 16.0. The molecule has 1 atom stereocenters. The van der Waals surface area contributed by atoms with Crippen molar-refractivity contribution in [1.29, 1.82) is 0 Å². The second-order valence-corrected chi connectivity index (χ2v) is 6.28. The molecule has 0 bridgehead atoms. The highest BCUT2D eigenvalue weighted by Gasteiger charge is 2.43. The maximum absolute atomic E-state index is 13.1. The Kier molecular flexibility index (Phi) is 3.91. The van der Waals surface area contributed by atoms with E-state index in [1.54, 1.807) is 18.5 Å². The molecule has 5 nitrogen and oxygen atoms in total. The van der Waals surface area contributed by atoms with E-state index in [-0.39, 0.29) is 17.5 Å². The monoisotopic (exact) mass is 363 g/mol. The van der Waals surface area contributed by atoms with Crippen LogP contribution < -0.4 is 14.8 Å². The Labute approximate surface area is 148 Å². The van der Waals surface area contributed by atoms with Gasteiger partial charge in [-0.25, -0.2) is 0 Å². The van der Waals surface area contributed by atoms with Crippen LogP contribution in [0.3, 0.4) is 0 Å². The predicted molar refractivity (Wildman–Crippen MR) is 91.8 cm³/mol. The number of rotatable bonds is 2. The summed E-state index contributed by atoms with van der Waals surface area (Å²) in [5.41, 5.74) is 1.73. The molecule has 1 fully saturated rings. The summed E-state index contributed by atoms with van der Waals surface area (Å²) < 4.78 is 35.1. The number of thiocarbonyl (C=S) groups is 1. The maximum atomic E-state index is 13.1. The third-order valence-electron chi connectivity index (χ3n) is 4.26. The molecule has 1 saturated heterocycles. The SMILES string of the molecule is FC1(F)Oc2ccc(NC(=S)N3CCC[C@H]3c3ccncc3)cc2O1. The van der Waals surface area contributed by atoms with Gasteiger partial charge in [0.2, 0.25) is 0 Å². The Morgan fingerprint density at radius 2 is 1.96 bits per heavy atom. The van der Waals surface area contributed by atoms with Gasteiger partial charge in [0.05, 0.1) is 6.04 Å². The number of fused-ring (bicyclic) bond motifs is 1. The van der Waals surface area contributed by atoms with Crippen molar-refractivity contribution in [3.63, 3.8) is 0 Å². The fourth-order valence-corrected chi connectivity index (χ4v) is 3.50. The second kappa shape index (κ2) is 6.11. The van der Waals surface area contributed by atoms with Crippen LogP contribution in [-0.2, 0) is 0 Å². The van der Waals surface area contributed by atoms with Gasteiger partial charge in [-0.15, -0.1) is 8.78 Å². The van der Waals surface area contributed by atoms with Crippen molar-refractivity contribution in [2.75, 3.05) is 11.9 Å². The van der Waals surface area contributed by atoms with Crippen LogP contribution in [0.4, 0.5) is 14.5 Å². The molecule has 0 unspecified atom stereocenters. The van der Waals surface area contributed by atoms with Crippen LogP contribution in [0.2, 0.25) is 0 Å². The zero-order chi connectivity index (χ0) is 17.4. The van der Waals surface area contributed by atoms with E-state index in [4.69, 9.17) is 12.2 Å². The molecule has 1 aromatic carbocycles. The van der Waals surface area contributed by atoms with Crippen molar-refractivity contribution in [1.82, 2.24) is 9.88 Å². The zero-order valence-electron chi connectivity index (χ0n) is 13.1. The number of benzene rings is 1. The molecule has 1 aromatic heterocycles. The quantitative estimate of drug-likeness (QED) is 0.816. The molecule has 0 saturated carbocycles. The predicted octanol–water partition coefficient (Wildman–Crippen LogP) is 3.94. The first-order valence-corrected chi connectivity index (χ1v) is 8.30. The molecular weight excluding hydrogens is 348 g/mol. The minimum atomic E-state index is -3.62. The molecular formula is C17H15F2N3O2S. The summed E-state index contributed by atoms with van der Waals surface area (Å²) in [4.78, 5) is 6.15. The Bertz CT molecular complexity index is 804. The number of nitrogens with one attached hydrogen (secondary N) is 1. The van der Waals surface area contributed by atoms with Crippen molar-refractivity contribution < 1.29 is 18.3 Å². The van der Waals surface area contributed by atoms with E-state index in [1.807, 2.05) is 12.1 Å². The molecule has 4 rings (SSSR count). The highest BCUT2D eigenvalue weighted by molar-refractivity contribution is 7.80. The van der Waals surface area contributed by atoms with Gasteiger partial charge < -0.3 is 19.7 Å². The standard InChI is InChI=1S/C17H15F2N3O2S/c18-17(19)23-14-4-3-12(10-15(14)24-17)21-16(25)22-9-1-2-13(22)11-5-7-20-8-6-11/h3-8,10,13H,1-2,9H2,(H,21,25)/t13-/m0/s1. The van der Waals surface area contributed by atoms with Gasteiger partial charge in [-0.3, -0.25) is 4.98 Å². The lowest BCUT2D eigenvalue weighted by Crippen LogP contribution is -2.34. The highest BCUT2D eigenvalue weighted by atomic mass is 32.1. The molecule has 3 heterocycles. The fourth-order valence-electron chi connectivity index (χ4n) is 3.16. The van der Waals surface area contributed by atoms with Gasteiger partial charge in [-0.2, -0.15) is 0 Å². The Morgan fingerprint density at radius 3 is 2.76 bits per heavy atom. The number of likely N-dealkylation sites (tertiary alicyclic amines) is 1. The highest BCUT2D eigenvalue weighted by Crippen LogP contribution is 2.42. The first-order chi connectivity index (χ1) is 12.0.